The molecule has 1 N–H and O–H groups in total. The van der Waals surface area contributed by atoms with Crippen molar-refractivity contribution >= 4 is 17.9 Å². The molecule has 0 saturated carbocycles. The highest BCUT2D eigenvalue weighted by Crippen LogP contribution is 2.16. The maximum absolute atomic E-state index is 12.9. The summed E-state index contributed by atoms with van der Waals surface area (Å²) in [4.78, 5) is 37.6. The van der Waals surface area contributed by atoms with Crippen LogP contribution >= 0.6 is 0 Å². The fraction of sp³-hybridized carbons (Fsp3) is 0.635. The fourth-order valence-corrected chi connectivity index (χ4v) is 8.61. The van der Waals surface area contributed by atoms with Crippen molar-refractivity contribution in [1.82, 2.24) is 0 Å². The zero-order valence-electron chi connectivity index (χ0n) is 53.5. The Labute approximate surface area is 509 Å². The second-order valence-corrected chi connectivity index (χ2v) is 22.7. The van der Waals surface area contributed by atoms with Gasteiger partial charge in [-0.2, -0.15) is 0 Å². The smallest absolute Gasteiger partial charge is 0.361 e. The summed E-state index contributed by atoms with van der Waals surface area (Å²) in [5.74, 6) is -2.04. The first-order valence-electron chi connectivity index (χ1n) is 33.0. The van der Waals surface area contributed by atoms with E-state index < -0.39 is 24.3 Å². The normalized spacial score (nSPS) is 13.7. The van der Waals surface area contributed by atoms with Crippen LogP contribution in [0, 0.1) is 0 Å². The molecule has 9 nitrogen and oxygen atoms in total. The van der Waals surface area contributed by atoms with E-state index in [4.69, 9.17) is 18.9 Å². The molecule has 0 aliphatic rings. The molecule has 0 amide bonds. The minimum atomic E-state index is -1.52. The van der Waals surface area contributed by atoms with Gasteiger partial charge in [-0.3, -0.25) is 9.59 Å². The van der Waals surface area contributed by atoms with Crippen molar-refractivity contribution in [1.29, 1.82) is 0 Å². The molecule has 0 saturated heterocycles. The predicted octanol–water partition coefficient (Wildman–Crippen LogP) is 20.3. The largest absolute Gasteiger partial charge is 0.477 e. The summed E-state index contributed by atoms with van der Waals surface area (Å²) in [5, 5.41) is 9.74. The van der Waals surface area contributed by atoms with Gasteiger partial charge in [0.2, 0.25) is 0 Å². The number of likely N-dealkylation sites (N-methyl/N-ethyl adjacent to an activating group) is 1. The number of nitrogens with zero attached hydrogens (tertiary/aromatic N) is 1. The van der Waals surface area contributed by atoms with Gasteiger partial charge >= 0.3 is 17.9 Å². The summed E-state index contributed by atoms with van der Waals surface area (Å²) >= 11 is 0. The Bertz CT molecular complexity index is 1870. The van der Waals surface area contributed by atoms with Crippen LogP contribution in [-0.4, -0.2) is 87.4 Å². The molecule has 0 fully saturated rings. The van der Waals surface area contributed by atoms with Crippen LogP contribution in [0.15, 0.2) is 146 Å². The molecule has 2 atom stereocenters. The predicted molar refractivity (Wildman–Crippen MR) is 354 cm³/mol. The standard InChI is InChI=1S/C74H121NO8/c1-6-8-10-12-14-16-18-20-22-24-26-28-30-32-33-34-35-36-37-38-39-41-43-45-47-49-51-53-55-57-59-61-63-65-72(77)83-70(69-82-74(73(78)79)80-67-66-75(3,4)5)68-81-71(76)64-62-60-58-56-54-52-50-48-46-44-42-40-31-29-27-25-23-21-19-17-15-13-11-9-7-2/h8-11,14-17,20-23,26-29,32-33,35-36,40,42,46,48,70,74H,6-7,12-13,18-19,24-25,30-31,34,37-39,41,43-45,47,49-69H2,1-5H3/p+1/b10-8-,11-9-,16-14-,17-15-,22-20-,23-21-,28-26-,29-27-,33-32-,36-35-,42-40-,48-46-. The number of ether oxygens (including phenoxy) is 4. The van der Waals surface area contributed by atoms with Crippen LogP contribution in [0.5, 0.6) is 0 Å². The van der Waals surface area contributed by atoms with Crippen molar-refractivity contribution in [2.75, 3.05) is 47.5 Å². The molecule has 83 heavy (non-hydrogen) atoms. The lowest BCUT2D eigenvalue weighted by Gasteiger charge is -2.25. The molecule has 2 unspecified atom stereocenters. The van der Waals surface area contributed by atoms with E-state index in [1.807, 2.05) is 21.1 Å². The SMILES string of the molecule is CC/C=C\C/C=C\C/C=C\C/C=C\C/C=C\C/C=C\CCCCCCCCCCCCCCCCC(=O)OC(COC(=O)CCCCCCCC/C=C\C/C=C\C/C=C\C/C=C\C/C=C\C/C=C\CC)COC(OCC[N+](C)(C)C)C(=O)O. The van der Waals surface area contributed by atoms with E-state index in [-0.39, 0.29) is 38.6 Å². The van der Waals surface area contributed by atoms with Gasteiger partial charge in [0.25, 0.3) is 6.29 Å². The van der Waals surface area contributed by atoms with Crippen molar-refractivity contribution in [3.05, 3.63) is 146 Å². The molecular weight excluding hydrogens is 1030 g/mol. The van der Waals surface area contributed by atoms with E-state index in [1.54, 1.807) is 0 Å². The third kappa shape index (κ3) is 64.6. The molecule has 9 heteroatoms. The van der Waals surface area contributed by atoms with Crippen molar-refractivity contribution in [2.45, 2.75) is 257 Å². The van der Waals surface area contributed by atoms with Gasteiger partial charge < -0.3 is 28.5 Å². The van der Waals surface area contributed by atoms with Crippen LogP contribution in [0.1, 0.15) is 245 Å². The van der Waals surface area contributed by atoms with Gasteiger partial charge in [-0.25, -0.2) is 4.79 Å². The first-order valence-corrected chi connectivity index (χ1v) is 33.0. The van der Waals surface area contributed by atoms with E-state index in [0.717, 1.165) is 141 Å². The van der Waals surface area contributed by atoms with E-state index in [1.165, 1.54) is 70.6 Å². The molecule has 0 heterocycles. The summed E-state index contributed by atoms with van der Waals surface area (Å²) in [6, 6.07) is 0. The minimum absolute atomic E-state index is 0.178. The molecule has 470 valence electrons. The average molecular weight is 1150 g/mol. The topological polar surface area (TPSA) is 108 Å². The summed E-state index contributed by atoms with van der Waals surface area (Å²) in [6.45, 7) is 4.62. The Kier molecular flexibility index (Phi) is 59.5. The van der Waals surface area contributed by atoms with E-state index >= 15 is 0 Å². The number of esters is 2. The number of allylic oxidation sites excluding steroid dienone is 24. The van der Waals surface area contributed by atoms with Crippen LogP contribution in [0.2, 0.25) is 0 Å². The van der Waals surface area contributed by atoms with Crippen LogP contribution < -0.4 is 0 Å². The maximum Gasteiger partial charge on any atom is 0.361 e. The van der Waals surface area contributed by atoms with E-state index in [0.29, 0.717) is 17.4 Å². The van der Waals surface area contributed by atoms with Crippen LogP contribution in [0.3, 0.4) is 0 Å². The monoisotopic (exact) mass is 1150 g/mol. The zero-order valence-corrected chi connectivity index (χ0v) is 53.5. The van der Waals surface area contributed by atoms with Gasteiger partial charge in [0, 0.05) is 12.8 Å². The van der Waals surface area contributed by atoms with Crippen LogP contribution in [0.25, 0.3) is 0 Å². The van der Waals surface area contributed by atoms with Crippen molar-refractivity contribution < 1.29 is 42.9 Å². The third-order valence-corrected chi connectivity index (χ3v) is 13.6. The van der Waals surface area contributed by atoms with E-state index in [9.17, 15) is 19.5 Å². The van der Waals surface area contributed by atoms with Crippen molar-refractivity contribution in [2.24, 2.45) is 0 Å². The number of rotatable bonds is 59. The molecule has 0 radical (unpaired) electrons. The number of carboxylic acid groups (broad SMARTS) is 1. The Morgan fingerprint density at radius 1 is 0.361 bits per heavy atom. The summed E-state index contributed by atoms with van der Waals surface area (Å²) in [5.41, 5.74) is 0. The Morgan fingerprint density at radius 3 is 0.964 bits per heavy atom. The lowest BCUT2D eigenvalue weighted by atomic mass is 10.0. The molecule has 0 aromatic heterocycles. The average Bonchev–Trinajstić information content (AvgIpc) is 3.46. The van der Waals surface area contributed by atoms with E-state index in [2.05, 4.69) is 160 Å². The van der Waals surface area contributed by atoms with Gasteiger partial charge in [-0.15, -0.1) is 0 Å². The summed E-state index contributed by atoms with van der Waals surface area (Å²) in [7, 11) is 5.96. The second kappa shape index (κ2) is 63.2. The fourth-order valence-electron chi connectivity index (χ4n) is 8.61. The van der Waals surface area contributed by atoms with Gasteiger partial charge in [-0.1, -0.05) is 262 Å². The highest BCUT2D eigenvalue weighted by Gasteiger charge is 2.25. The number of aliphatic carboxylic acids is 1. The number of carboxylic acids is 1. The Hall–Kier alpha value is -4.83. The zero-order chi connectivity index (χ0) is 60.5. The molecule has 0 bridgehead atoms. The third-order valence-electron chi connectivity index (χ3n) is 13.6. The first-order chi connectivity index (χ1) is 40.6. The second-order valence-electron chi connectivity index (χ2n) is 22.7. The van der Waals surface area contributed by atoms with Crippen molar-refractivity contribution in [3.8, 4) is 0 Å². The van der Waals surface area contributed by atoms with Gasteiger partial charge in [0.05, 0.1) is 34.4 Å². The quantitative estimate of drug-likeness (QED) is 0.0211. The number of carbonyl (C=O) groups is 3. The minimum Gasteiger partial charge on any atom is -0.477 e. The molecule has 0 aromatic carbocycles. The maximum atomic E-state index is 12.9. The lowest BCUT2D eigenvalue weighted by Crippen LogP contribution is -2.40. The van der Waals surface area contributed by atoms with Gasteiger partial charge in [-0.05, 0) is 116 Å². The van der Waals surface area contributed by atoms with Crippen molar-refractivity contribution in [3.63, 3.8) is 0 Å². The number of hydrogen-bond acceptors (Lipinski definition) is 7. The highest BCUT2D eigenvalue weighted by molar-refractivity contribution is 5.71. The molecule has 0 aromatic rings. The number of carbonyl (C=O) groups excluding carboxylic acids is 2. The Morgan fingerprint density at radius 2 is 0.651 bits per heavy atom. The summed E-state index contributed by atoms with van der Waals surface area (Å²) < 4.78 is 22.9. The lowest BCUT2D eigenvalue weighted by molar-refractivity contribution is -0.870. The molecule has 0 aliphatic heterocycles. The molecule has 0 rings (SSSR count). The number of quaternary nitrogens is 1. The van der Waals surface area contributed by atoms with Gasteiger partial charge in [0.15, 0.2) is 6.10 Å². The molecule has 0 spiro atoms. The summed E-state index contributed by atoms with van der Waals surface area (Å²) in [6.07, 6.45) is 89.4. The number of hydrogen-bond donors (Lipinski definition) is 1. The molecular formula is C74H122NO8+. The highest BCUT2D eigenvalue weighted by atomic mass is 16.7. The first kappa shape index (κ1) is 78.2. The number of unbranched alkanes of at least 4 members (excludes halogenated alkanes) is 20. The van der Waals surface area contributed by atoms with Crippen LogP contribution in [-0.2, 0) is 33.3 Å². The Balaban J connectivity index is 4.21. The molecule has 0 aliphatic carbocycles. The van der Waals surface area contributed by atoms with Gasteiger partial charge in [0.1, 0.15) is 13.2 Å². The van der Waals surface area contributed by atoms with Crippen LogP contribution in [0.4, 0.5) is 0 Å².